The zero-order valence-electron chi connectivity index (χ0n) is 27.0. The van der Waals surface area contributed by atoms with Crippen LogP contribution in [-0.4, -0.2) is 63.1 Å². The molecule has 1 spiro atoms. The molecule has 8 heteroatoms. The average Bonchev–Trinajstić information content (AvgIpc) is 3.41. The van der Waals surface area contributed by atoms with E-state index in [1.807, 2.05) is 20.8 Å². The van der Waals surface area contributed by atoms with E-state index in [1.54, 1.807) is 19.1 Å². The second-order valence-electron chi connectivity index (χ2n) is 14.2. The van der Waals surface area contributed by atoms with Gasteiger partial charge in [-0.2, -0.15) is 0 Å². The molecule has 2 bridgehead atoms. The van der Waals surface area contributed by atoms with Crippen molar-refractivity contribution in [1.29, 1.82) is 0 Å². The number of unbranched alkanes of at least 4 members (excludes halogenated alkanes) is 8. The van der Waals surface area contributed by atoms with Gasteiger partial charge in [-0.15, -0.1) is 0 Å². The van der Waals surface area contributed by atoms with Crippen molar-refractivity contribution in [3.05, 3.63) is 23.3 Å². The molecule has 0 aliphatic heterocycles. The van der Waals surface area contributed by atoms with Crippen molar-refractivity contribution < 1.29 is 39.2 Å². The fourth-order valence-corrected chi connectivity index (χ4v) is 8.52. The number of aliphatic hydroxyl groups is 3. The number of fused-ring (bicyclic) bond motifs is 3. The van der Waals surface area contributed by atoms with E-state index in [0.717, 1.165) is 32.1 Å². The Morgan fingerprint density at radius 3 is 2.14 bits per heavy atom. The Morgan fingerprint density at radius 2 is 1.47 bits per heavy atom. The van der Waals surface area contributed by atoms with Crippen molar-refractivity contribution in [1.82, 2.24) is 0 Å². The lowest BCUT2D eigenvalue weighted by atomic mass is 9.63. The molecule has 2 saturated carbocycles. The van der Waals surface area contributed by atoms with Gasteiger partial charge >= 0.3 is 11.9 Å². The number of Topliss-reactive ketones (excluding diaryl/α,β-unsaturated/α-hetero) is 1. The van der Waals surface area contributed by atoms with Crippen LogP contribution in [0.5, 0.6) is 0 Å². The summed E-state index contributed by atoms with van der Waals surface area (Å²) in [7, 11) is 0. The van der Waals surface area contributed by atoms with E-state index >= 15 is 0 Å². The first-order valence-corrected chi connectivity index (χ1v) is 16.7. The van der Waals surface area contributed by atoms with Crippen LogP contribution in [0.15, 0.2) is 23.3 Å². The molecule has 4 aliphatic carbocycles. The molecule has 0 aromatic heterocycles. The highest BCUT2D eigenvalue weighted by molar-refractivity contribution is 5.95. The number of esters is 2. The fourth-order valence-electron chi connectivity index (χ4n) is 8.52. The van der Waals surface area contributed by atoms with Gasteiger partial charge in [-0.05, 0) is 43.8 Å². The number of carbonyl (C=O) groups is 3. The number of carbonyl (C=O) groups excluding carboxylic acids is 3. The number of ether oxygens (including phenoxy) is 2. The number of hydrogen-bond donors (Lipinski definition) is 3. The monoisotopic (exact) mass is 602 g/mol. The van der Waals surface area contributed by atoms with Crippen molar-refractivity contribution in [2.45, 2.75) is 148 Å². The van der Waals surface area contributed by atoms with Crippen LogP contribution in [0.25, 0.3) is 0 Å². The summed E-state index contributed by atoms with van der Waals surface area (Å²) in [4.78, 5) is 40.2. The van der Waals surface area contributed by atoms with Crippen LogP contribution in [0.3, 0.4) is 0 Å². The zero-order valence-corrected chi connectivity index (χ0v) is 27.0. The average molecular weight is 603 g/mol. The number of rotatable bonds is 15. The topological polar surface area (TPSA) is 130 Å². The molecule has 43 heavy (non-hydrogen) atoms. The van der Waals surface area contributed by atoms with E-state index in [4.69, 9.17) is 9.47 Å². The number of aliphatic hydroxyl groups excluding tert-OH is 2. The largest absolute Gasteiger partial charge is 0.461 e. The van der Waals surface area contributed by atoms with E-state index in [9.17, 15) is 29.7 Å². The SMILES string of the molecule is CCCCCCCCCC(=O)O[C@@]12CC[C@]34C=C(C)[C@H](O)[C@@]3(O)[C@H](O)C(COC(=O)CCCCC)=C[C@H](C4=O)[C@@H]1C2(C)C. The lowest BCUT2D eigenvalue weighted by Gasteiger charge is -2.45. The summed E-state index contributed by atoms with van der Waals surface area (Å²) in [5.41, 5.74) is -4.62. The lowest BCUT2D eigenvalue weighted by Crippen LogP contribution is -2.63. The van der Waals surface area contributed by atoms with Crippen molar-refractivity contribution in [3.8, 4) is 0 Å². The van der Waals surface area contributed by atoms with Crippen LogP contribution in [0.1, 0.15) is 125 Å². The van der Waals surface area contributed by atoms with Gasteiger partial charge in [0.15, 0.2) is 5.78 Å². The first-order chi connectivity index (χ1) is 20.3. The third-order valence-corrected chi connectivity index (χ3v) is 11.1. The third-order valence-electron chi connectivity index (χ3n) is 11.1. The van der Waals surface area contributed by atoms with Crippen molar-refractivity contribution in [3.63, 3.8) is 0 Å². The number of allylic oxidation sites excluding steroid dienone is 1. The van der Waals surface area contributed by atoms with E-state index in [2.05, 4.69) is 6.92 Å². The molecule has 4 rings (SSSR count). The van der Waals surface area contributed by atoms with Crippen LogP contribution in [-0.2, 0) is 23.9 Å². The highest BCUT2D eigenvalue weighted by atomic mass is 16.6. The number of ketones is 1. The lowest BCUT2D eigenvalue weighted by molar-refractivity contribution is -0.182. The van der Waals surface area contributed by atoms with Gasteiger partial charge in [0.1, 0.15) is 30.0 Å². The van der Waals surface area contributed by atoms with E-state index in [-0.39, 0.29) is 42.7 Å². The van der Waals surface area contributed by atoms with E-state index in [0.29, 0.717) is 24.8 Å². The maximum Gasteiger partial charge on any atom is 0.306 e. The van der Waals surface area contributed by atoms with Crippen molar-refractivity contribution in [2.75, 3.05) is 6.61 Å². The van der Waals surface area contributed by atoms with Gasteiger partial charge in [0.2, 0.25) is 0 Å². The van der Waals surface area contributed by atoms with Crippen LogP contribution >= 0.6 is 0 Å². The Labute approximate surface area is 257 Å². The Kier molecular flexibility index (Phi) is 10.3. The maximum absolute atomic E-state index is 14.5. The Morgan fingerprint density at radius 1 is 0.884 bits per heavy atom. The molecule has 4 aliphatic rings. The predicted octanol–water partition coefficient (Wildman–Crippen LogP) is 5.51. The summed E-state index contributed by atoms with van der Waals surface area (Å²) in [5.74, 6) is -2.16. The van der Waals surface area contributed by atoms with Crippen LogP contribution < -0.4 is 0 Å². The molecular weight excluding hydrogens is 548 g/mol. The van der Waals surface area contributed by atoms with Crippen LogP contribution in [0.2, 0.25) is 0 Å². The zero-order chi connectivity index (χ0) is 31.6. The fraction of sp³-hybridized carbons (Fsp3) is 0.800. The molecule has 0 aromatic rings. The highest BCUT2D eigenvalue weighted by Crippen LogP contribution is 2.74. The predicted molar refractivity (Wildman–Crippen MR) is 163 cm³/mol. The summed E-state index contributed by atoms with van der Waals surface area (Å²) in [6.07, 6.45) is 11.3. The quantitative estimate of drug-likeness (QED) is 0.127. The summed E-state index contributed by atoms with van der Waals surface area (Å²) in [5, 5.41) is 35.0. The normalized spacial score (nSPS) is 35.6. The molecule has 3 N–H and O–H groups in total. The van der Waals surface area contributed by atoms with E-state index in [1.165, 1.54) is 25.7 Å². The van der Waals surface area contributed by atoms with Gasteiger partial charge in [-0.3, -0.25) is 14.4 Å². The first kappa shape index (κ1) is 33.9. The standard InChI is InChI=1S/C35H54O8/c1-6-8-10-11-12-13-15-17-27(37)43-34-19-18-33-21-23(3)29(38)35(33,41)30(39)24(22-42-26(36)16-14-9-7-2)20-25(31(33)40)28(34)32(34,4)5/h20-21,25,28-30,38-39,41H,6-19,22H2,1-5H3/t25-,28+,29-,30+,33+,34-,35+/m0/s1. The van der Waals surface area contributed by atoms with Crippen molar-refractivity contribution >= 4 is 17.7 Å². The van der Waals surface area contributed by atoms with Gasteiger partial charge in [-0.1, -0.05) is 91.2 Å². The maximum atomic E-state index is 14.5. The van der Waals surface area contributed by atoms with Crippen LogP contribution in [0.4, 0.5) is 0 Å². The van der Waals surface area contributed by atoms with Gasteiger partial charge < -0.3 is 24.8 Å². The summed E-state index contributed by atoms with van der Waals surface area (Å²) in [6, 6.07) is 0. The molecule has 7 atom stereocenters. The molecule has 2 fully saturated rings. The molecule has 0 unspecified atom stereocenters. The third kappa shape index (κ3) is 5.77. The van der Waals surface area contributed by atoms with Gasteiger partial charge in [0, 0.05) is 30.1 Å². The second kappa shape index (κ2) is 13.1. The summed E-state index contributed by atoms with van der Waals surface area (Å²) < 4.78 is 11.8. The van der Waals surface area contributed by atoms with E-state index < -0.39 is 46.1 Å². The minimum Gasteiger partial charge on any atom is -0.461 e. The minimum absolute atomic E-state index is 0.118. The smallest absolute Gasteiger partial charge is 0.306 e. The molecule has 0 radical (unpaired) electrons. The second-order valence-corrected chi connectivity index (χ2v) is 14.2. The molecule has 8 nitrogen and oxygen atoms in total. The summed E-state index contributed by atoms with van der Waals surface area (Å²) in [6.45, 7) is 9.59. The minimum atomic E-state index is -2.23. The Hall–Kier alpha value is -2.03. The van der Waals surface area contributed by atoms with Gasteiger partial charge in [0.25, 0.3) is 0 Å². The summed E-state index contributed by atoms with van der Waals surface area (Å²) >= 11 is 0. The molecule has 242 valence electrons. The van der Waals surface area contributed by atoms with Gasteiger partial charge in [-0.25, -0.2) is 0 Å². The molecule has 0 saturated heterocycles. The first-order valence-electron chi connectivity index (χ1n) is 16.7. The van der Waals surface area contributed by atoms with Crippen LogP contribution in [0, 0.1) is 22.7 Å². The Bertz CT molecular complexity index is 1120. The van der Waals surface area contributed by atoms with Gasteiger partial charge in [0.05, 0.1) is 5.41 Å². The molecule has 0 heterocycles. The van der Waals surface area contributed by atoms with Crippen molar-refractivity contribution in [2.24, 2.45) is 22.7 Å². The Balaban J connectivity index is 1.59. The highest BCUT2D eigenvalue weighted by Gasteiger charge is 2.81. The molecule has 0 amide bonds. The number of hydrogen-bond acceptors (Lipinski definition) is 8. The molecular formula is C35H54O8. The molecule has 0 aromatic carbocycles.